The molecule has 5 nitrogen and oxygen atoms in total. The number of rotatable bonds is 0. The highest BCUT2D eigenvalue weighted by Crippen LogP contribution is 2.63. The Kier molecular flexibility index (Phi) is 3.72. The molecule has 6 fully saturated rings. The maximum absolute atomic E-state index is 13.6. The van der Waals surface area contributed by atoms with E-state index in [1.54, 1.807) is 0 Å². The van der Waals surface area contributed by atoms with Crippen molar-refractivity contribution in [1.82, 2.24) is 0 Å². The molecule has 0 unspecified atom stereocenters. The third-order valence-corrected chi connectivity index (χ3v) is 10.0. The largest absolute Gasteiger partial charge is 0.348 e. The van der Waals surface area contributed by atoms with Gasteiger partial charge in [-0.05, 0) is 56.3 Å². The fourth-order valence-corrected chi connectivity index (χ4v) is 8.90. The Morgan fingerprint density at radius 1 is 0.963 bits per heavy atom. The number of quaternary nitrogens is 2. The maximum atomic E-state index is 13.6. The molecular formula is C22H36N2O3+2. The number of ketones is 1. The Morgan fingerprint density at radius 2 is 1.74 bits per heavy atom. The molecule has 0 radical (unpaired) electrons. The van der Waals surface area contributed by atoms with E-state index in [1.807, 2.05) is 0 Å². The van der Waals surface area contributed by atoms with Gasteiger partial charge in [-0.3, -0.25) is 15.4 Å². The zero-order valence-corrected chi connectivity index (χ0v) is 16.8. The molecule has 150 valence electrons. The minimum Gasteiger partial charge on any atom is -0.348 e. The van der Waals surface area contributed by atoms with Crippen LogP contribution in [-0.2, 0) is 14.3 Å². The molecule has 2 saturated heterocycles. The van der Waals surface area contributed by atoms with E-state index in [1.165, 1.54) is 38.8 Å². The van der Waals surface area contributed by atoms with Gasteiger partial charge in [0.05, 0.1) is 25.0 Å². The summed E-state index contributed by atoms with van der Waals surface area (Å²) in [6, 6.07) is 0. The summed E-state index contributed by atoms with van der Waals surface area (Å²) in [5, 5.41) is 5.18. The van der Waals surface area contributed by atoms with Gasteiger partial charge in [0, 0.05) is 25.2 Å². The highest BCUT2D eigenvalue weighted by atomic mass is 16.7. The SMILES string of the molecule is C[C@@]12CC(=O)[C@@H]3[C@H]4CCC5(C[C@@H]4CC[C@@H]3[C@@H]1CCC21[NH2+]CC[NH2+]1)OCCO5. The first kappa shape index (κ1) is 17.4. The van der Waals surface area contributed by atoms with Crippen molar-refractivity contribution in [2.24, 2.45) is 35.0 Å². The van der Waals surface area contributed by atoms with Crippen LogP contribution < -0.4 is 10.6 Å². The molecule has 27 heavy (non-hydrogen) atoms. The molecule has 6 aliphatic rings. The number of carbonyl (C=O) groups excluding carboxylic acids is 1. The van der Waals surface area contributed by atoms with Crippen LogP contribution in [0.2, 0.25) is 0 Å². The lowest BCUT2D eigenvalue weighted by atomic mass is 9.49. The van der Waals surface area contributed by atoms with E-state index >= 15 is 0 Å². The zero-order valence-electron chi connectivity index (χ0n) is 16.8. The molecule has 0 aromatic carbocycles. The second-order valence-electron chi connectivity index (χ2n) is 10.8. The van der Waals surface area contributed by atoms with Gasteiger partial charge >= 0.3 is 0 Å². The van der Waals surface area contributed by atoms with Crippen molar-refractivity contribution in [3.05, 3.63) is 0 Å². The Labute approximate surface area is 162 Å². The van der Waals surface area contributed by atoms with Crippen LogP contribution in [0.3, 0.4) is 0 Å². The summed E-state index contributed by atoms with van der Waals surface area (Å²) in [5.74, 6) is 3.25. The fraction of sp³-hybridized carbons (Fsp3) is 0.955. The normalized spacial score (nSPS) is 50.0. The summed E-state index contributed by atoms with van der Waals surface area (Å²) in [5.41, 5.74) is 0.458. The van der Waals surface area contributed by atoms with Gasteiger partial charge in [-0.1, -0.05) is 0 Å². The quantitative estimate of drug-likeness (QED) is 0.643. The van der Waals surface area contributed by atoms with Gasteiger partial charge in [-0.15, -0.1) is 0 Å². The number of fused-ring (bicyclic) bond motifs is 6. The van der Waals surface area contributed by atoms with Crippen molar-refractivity contribution in [2.75, 3.05) is 26.3 Å². The standard InChI is InChI=1S/C22H34N2O3/c1-20-13-18(25)19-15-4-6-21(26-10-11-27-21)12-14(15)2-3-16(19)17(20)5-7-22(20)23-8-9-24-22/h14-17,19,23-24H,2-13H2,1H3/p+2/t14-,15-,16+,17-,19+,20+/m0/s1. The third-order valence-electron chi connectivity index (χ3n) is 10.0. The van der Waals surface area contributed by atoms with Crippen LogP contribution in [-0.4, -0.2) is 43.5 Å². The van der Waals surface area contributed by atoms with Crippen molar-refractivity contribution >= 4 is 5.78 Å². The number of hydrogen-bond donors (Lipinski definition) is 2. The lowest BCUT2D eigenvalue weighted by Crippen LogP contribution is -3.14. The fourth-order valence-electron chi connectivity index (χ4n) is 8.90. The van der Waals surface area contributed by atoms with Crippen molar-refractivity contribution < 1.29 is 24.9 Å². The molecule has 2 aliphatic heterocycles. The van der Waals surface area contributed by atoms with Crippen molar-refractivity contribution in [1.29, 1.82) is 0 Å². The summed E-state index contributed by atoms with van der Waals surface area (Å²) in [6.45, 7) is 6.41. The van der Waals surface area contributed by atoms with Crippen LogP contribution in [0.5, 0.6) is 0 Å². The Bertz CT molecular complexity index is 639. The monoisotopic (exact) mass is 376 g/mol. The average molecular weight is 377 g/mol. The van der Waals surface area contributed by atoms with Crippen LogP contribution in [0.25, 0.3) is 0 Å². The first-order valence-electron chi connectivity index (χ1n) is 11.6. The molecule has 4 N–H and O–H groups in total. The van der Waals surface area contributed by atoms with Crippen LogP contribution >= 0.6 is 0 Å². The lowest BCUT2D eigenvalue weighted by Gasteiger charge is -2.55. The van der Waals surface area contributed by atoms with Gasteiger partial charge < -0.3 is 9.47 Å². The molecule has 4 saturated carbocycles. The van der Waals surface area contributed by atoms with Gasteiger partial charge in [0.25, 0.3) is 0 Å². The molecule has 0 aromatic heterocycles. The Morgan fingerprint density at radius 3 is 2.52 bits per heavy atom. The molecule has 5 heteroatoms. The molecular weight excluding hydrogens is 340 g/mol. The second kappa shape index (κ2) is 5.78. The van der Waals surface area contributed by atoms with E-state index in [0.29, 0.717) is 29.5 Å². The first-order valence-corrected chi connectivity index (χ1v) is 11.6. The predicted octanol–water partition coefficient (Wildman–Crippen LogP) is 0.398. The summed E-state index contributed by atoms with van der Waals surface area (Å²) in [7, 11) is 0. The minimum absolute atomic E-state index is 0.197. The Balaban J connectivity index is 1.28. The predicted molar refractivity (Wildman–Crippen MR) is 98.5 cm³/mol. The van der Waals surface area contributed by atoms with Gasteiger partial charge in [0.2, 0.25) is 5.66 Å². The number of hydrogen-bond acceptors (Lipinski definition) is 3. The summed E-state index contributed by atoms with van der Waals surface area (Å²) in [4.78, 5) is 13.6. The number of carbonyl (C=O) groups is 1. The molecule has 6 atom stereocenters. The first-order chi connectivity index (χ1) is 13.1. The highest BCUT2D eigenvalue weighted by molar-refractivity contribution is 5.84. The van der Waals surface area contributed by atoms with Gasteiger partial charge in [-0.25, -0.2) is 0 Å². The topological polar surface area (TPSA) is 68.8 Å². The van der Waals surface area contributed by atoms with Crippen LogP contribution in [0.15, 0.2) is 0 Å². The highest BCUT2D eigenvalue weighted by Gasteiger charge is 2.71. The van der Waals surface area contributed by atoms with E-state index < -0.39 is 0 Å². The minimum atomic E-state index is -0.300. The average Bonchev–Trinajstić information content (AvgIpc) is 3.37. The smallest absolute Gasteiger partial charge is 0.225 e. The Hall–Kier alpha value is -0.490. The number of Topliss-reactive ketones (excluding diaryl/α,β-unsaturated/α-hetero) is 1. The van der Waals surface area contributed by atoms with Crippen molar-refractivity contribution in [3.63, 3.8) is 0 Å². The van der Waals surface area contributed by atoms with Crippen LogP contribution in [0.1, 0.15) is 58.3 Å². The van der Waals surface area contributed by atoms with Gasteiger partial charge in [0.15, 0.2) is 5.79 Å². The van der Waals surface area contributed by atoms with Gasteiger partial charge in [0.1, 0.15) is 18.9 Å². The molecule has 2 heterocycles. The zero-order chi connectivity index (χ0) is 18.3. The van der Waals surface area contributed by atoms with E-state index in [4.69, 9.17) is 9.47 Å². The van der Waals surface area contributed by atoms with Gasteiger partial charge in [-0.2, -0.15) is 0 Å². The summed E-state index contributed by atoms with van der Waals surface area (Å²) < 4.78 is 12.1. The number of nitrogens with two attached hydrogens (primary N) is 2. The van der Waals surface area contributed by atoms with E-state index in [2.05, 4.69) is 17.6 Å². The molecule has 0 bridgehead atoms. The molecule has 2 spiro atoms. The van der Waals surface area contributed by atoms with Crippen molar-refractivity contribution in [2.45, 2.75) is 69.7 Å². The summed E-state index contributed by atoms with van der Waals surface area (Å²) >= 11 is 0. The van der Waals surface area contributed by atoms with E-state index in [0.717, 1.165) is 44.8 Å². The maximum Gasteiger partial charge on any atom is 0.225 e. The lowest BCUT2D eigenvalue weighted by molar-refractivity contribution is -0.901. The summed E-state index contributed by atoms with van der Waals surface area (Å²) in [6.07, 6.45) is 9.15. The van der Waals surface area contributed by atoms with Crippen LogP contribution in [0, 0.1) is 35.0 Å². The van der Waals surface area contributed by atoms with Crippen molar-refractivity contribution in [3.8, 4) is 0 Å². The van der Waals surface area contributed by atoms with E-state index in [-0.39, 0.29) is 16.9 Å². The molecule has 6 rings (SSSR count). The molecule has 0 aromatic rings. The third kappa shape index (κ3) is 2.23. The second-order valence-corrected chi connectivity index (χ2v) is 10.8. The van der Waals surface area contributed by atoms with Crippen LogP contribution in [0.4, 0.5) is 0 Å². The molecule has 4 aliphatic carbocycles. The molecule has 0 amide bonds. The number of ether oxygens (including phenoxy) is 2. The van der Waals surface area contributed by atoms with E-state index in [9.17, 15) is 4.79 Å².